The summed E-state index contributed by atoms with van der Waals surface area (Å²) in [6.07, 6.45) is -0.0591. The first kappa shape index (κ1) is 26.6. The van der Waals surface area contributed by atoms with Crippen LogP contribution in [0.2, 0.25) is 0 Å². The number of aromatic carboxylic acids is 1. The van der Waals surface area contributed by atoms with Crippen LogP contribution in [0.15, 0.2) is 60.7 Å². The van der Waals surface area contributed by atoms with E-state index in [1.165, 1.54) is 7.11 Å². The molecule has 0 aromatic heterocycles. The van der Waals surface area contributed by atoms with Gasteiger partial charge in [0.2, 0.25) is 0 Å². The maximum atomic E-state index is 12.9. The van der Waals surface area contributed by atoms with E-state index in [0.717, 1.165) is 11.1 Å². The Morgan fingerprint density at radius 1 is 0.806 bits per heavy atom. The molecule has 3 aromatic rings. The number of carboxylic acids is 1. The van der Waals surface area contributed by atoms with Crippen molar-refractivity contribution in [1.29, 1.82) is 0 Å². The van der Waals surface area contributed by atoms with Gasteiger partial charge in [0.15, 0.2) is 0 Å². The van der Waals surface area contributed by atoms with Crippen molar-refractivity contribution in [3.63, 3.8) is 0 Å². The highest BCUT2D eigenvalue weighted by atomic mass is 16.5. The number of nitrogens with one attached hydrogen (secondary N) is 2. The zero-order valence-electron chi connectivity index (χ0n) is 21.6. The molecular weight excluding hydrogens is 456 g/mol. The molecule has 0 spiro atoms. The van der Waals surface area contributed by atoms with E-state index in [1.54, 1.807) is 30.3 Å². The number of anilines is 2. The monoisotopic (exact) mass is 490 g/mol. The zero-order chi connectivity index (χ0) is 26.4. The van der Waals surface area contributed by atoms with E-state index in [-0.39, 0.29) is 29.3 Å². The number of hydrogen-bond acceptors (Lipinski definition) is 4. The summed E-state index contributed by atoms with van der Waals surface area (Å²) >= 11 is 0. The largest absolute Gasteiger partial charge is 0.496 e. The highest BCUT2D eigenvalue weighted by Gasteiger charge is 2.22. The topological polar surface area (TPSA) is 96.9 Å². The summed E-state index contributed by atoms with van der Waals surface area (Å²) in [6.45, 7) is 10.4. The lowest BCUT2D eigenvalue weighted by Gasteiger charge is -2.27. The van der Waals surface area contributed by atoms with Crippen molar-refractivity contribution in [3.8, 4) is 22.6 Å². The first-order chi connectivity index (χ1) is 17.1. The molecule has 0 atom stereocenters. The number of carboxylic acid groups (broad SMARTS) is 1. The summed E-state index contributed by atoms with van der Waals surface area (Å²) in [7, 11) is 1.43. The van der Waals surface area contributed by atoms with Crippen LogP contribution in [0, 0.1) is 18.8 Å². The minimum absolute atomic E-state index is 0.0571. The summed E-state index contributed by atoms with van der Waals surface area (Å²) in [4.78, 5) is 24.6. The Labute approximate surface area is 212 Å². The fourth-order valence-corrected chi connectivity index (χ4v) is 4.07. The standard InChI is InChI=1S/C29H34N2O5/c1-17(2)27(18(3)4)36-26-14-10-21(20-9-13-25(35-6)23(15-20)28(32)33)16-24(26)31-29(34)30-22-11-7-19(5)8-12-22/h7-18,27H,1-6H3,(H,32,33)(H2,30,31,34). The van der Waals surface area contributed by atoms with Gasteiger partial charge >= 0.3 is 12.0 Å². The Kier molecular flexibility index (Phi) is 8.59. The maximum absolute atomic E-state index is 12.9. The smallest absolute Gasteiger partial charge is 0.339 e. The molecule has 0 heterocycles. The number of methoxy groups -OCH3 is 1. The average Bonchev–Trinajstić information content (AvgIpc) is 2.83. The van der Waals surface area contributed by atoms with Gasteiger partial charge in [-0.15, -0.1) is 0 Å². The minimum Gasteiger partial charge on any atom is -0.496 e. The Morgan fingerprint density at radius 3 is 1.94 bits per heavy atom. The highest BCUT2D eigenvalue weighted by molar-refractivity contribution is 6.01. The predicted molar refractivity (Wildman–Crippen MR) is 143 cm³/mol. The van der Waals surface area contributed by atoms with Crippen LogP contribution in [0.3, 0.4) is 0 Å². The molecule has 36 heavy (non-hydrogen) atoms. The van der Waals surface area contributed by atoms with Crippen LogP contribution < -0.4 is 20.1 Å². The Hall–Kier alpha value is -4.00. The van der Waals surface area contributed by atoms with Crippen molar-refractivity contribution in [2.24, 2.45) is 11.8 Å². The van der Waals surface area contributed by atoms with Gasteiger partial charge in [-0.2, -0.15) is 0 Å². The van der Waals surface area contributed by atoms with Gasteiger partial charge in [-0.05, 0) is 66.3 Å². The predicted octanol–water partition coefficient (Wildman–Crippen LogP) is 7.07. The molecule has 3 rings (SSSR count). The van der Waals surface area contributed by atoms with Gasteiger partial charge in [-0.1, -0.05) is 57.5 Å². The Balaban J connectivity index is 1.99. The van der Waals surface area contributed by atoms with E-state index in [1.807, 2.05) is 37.3 Å². The fourth-order valence-electron chi connectivity index (χ4n) is 4.07. The molecule has 0 fully saturated rings. The van der Waals surface area contributed by atoms with Crippen LogP contribution in [0.1, 0.15) is 43.6 Å². The van der Waals surface area contributed by atoms with Gasteiger partial charge in [-0.25, -0.2) is 9.59 Å². The van der Waals surface area contributed by atoms with Gasteiger partial charge in [0.25, 0.3) is 0 Å². The van der Waals surface area contributed by atoms with E-state index in [0.29, 0.717) is 22.7 Å². The van der Waals surface area contributed by atoms with Crippen LogP contribution in [-0.2, 0) is 0 Å². The lowest BCUT2D eigenvalue weighted by Crippen LogP contribution is -2.29. The summed E-state index contributed by atoms with van der Waals surface area (Å²) in [5.74, 6) is 0.259. The summed E-state index contributed by atoms with van der Waals surface area (Å²) in [5, 5.41) is 15.3. The second-order valence-electron chi connectivity index (χ2n) is 9.45. The number of carbonyl (C=O) groups is 2. The molecule has 0 saturated carbocycles. The van der Waals surface area contributed by atoms with Gasteiger partial charge < -0.3 is 25.2 Å². The number of rotatable bonds is 9. The molecule has 7 nitrogen and oxygen atoms in total. The molecule has 2 amide bonds. The molecule has 0 aliphatic heterocycles. The second-order valence-corrected chi connectivity index (χ2v) is 9.45. The van der Waals surface area contributed by atoms with Crippen LogP contribution in [0.25, 0.3) is 11.1 Å². The van der Waals surface area contributed by atoms with E-state index in [4.69, 9.17) is 9.47 Å². The molecule has 0 aliphatic rings. The minimum atomic E-state index is -1.08. The van der Waals surface area contributed by atoms with Gasteiger partial charge in [0, 0.05) is 5.69 Å². The number of benzene rings is 3. The maximum Gasteiger partial charge on any atom is 0.339 e. The lowest BCUT2D eigenvalue weighted by molar-refractivity contribution is 0.0693. The lowest BCUT2D eigenvalue weighted by atomic mass is 9.96. The summed E-state index contributed by atoms with van der Waals surface area (Å²) in [6, 6.07) is 17.5. The molecule has 3 N–H and O–H groups in total. The van der Waals surface area contributed by atoms with Crippen molar-refractivity contribution < 1.29 is 24.2 Å². The first-order valence-corrected chi connectivity index (χ1v) is 12.0. The first-order valence-electron chi connectivity index (χ1n) is 12.0. The average molecular weight is 491 g/mol. The van der Waals surface area contributed by atoms with E-state index in [2.05, 4.69) is 38.3 Å². The molecule has 0 radical (unpaired) electrons. The zero-order valence-corrected chi connectivity index (χ0v) is 21.6. The van der Waals surface area contributed by atoms with Crippen molar-refractivity contribution in [1.82, 2.24) is 0 Å². The van der Waals surface area contributed by atoms with Crippen molar-refractivity contribution in [2.75, 3.05) is 17.7 Å². The SMILES string of the molecule is COc1ccc(-c2ccc(OC(C(C)C)C(C)C)c(NC(=O)Nc3ccc(C)cc3)c2)cc1C(=O)O. The fraction of sp³-hybridized carbons (Fsp3) is 0.310. The number of urea groups is 1. The van der Waals surface area contributed by atoms with Crippen LogP contribution >= 0.6 is 0 Å². The number of aryl methyl sites for hydroxylation is 1. The third-order valence-corrected chi connectivity index (χ3v) is 5.88. The second kappa shape index (κ2) is 11.6. The van der Waals surface area contributed by atoms with E-state index in [9.17, 15) is 14.7 Å². The summed E-state index contributed by atoms with van der Waals surface area (Å²) in [5.41, 5.74) is 3.70. The van der Waals surface area contributed by atoms with Gasteiger partial charge in [0.1, 0.15) is 23.2 Å². The van der Waals surface area contributed by atoms with E-state index < -0.39 is 12.0 Å². The third-order valence-electron chi connectivity index (χ3n) is 5.88. The third kappa shape index (κ3) is 6.56. The van der Waals surface area contributed by atoms with Crippen LogP contribution in [-0.4, -0.2) is 30.3 Å². The number of carbonyl (C=O) groups excluding carboxylic acids is 1. The van der Waals surface area contributed by atoms with E-state index >= 15 is 0 Å². The molecule has 0 aliphatic carbocycles. The molecule has 190 valence electrons. The van der Waals surface area contributed by atoms with Gasteiger partial charge in [-0.3, -0.25) is 0 Å². The Bertz CT molecular complexity index is 1210. The number of hydrogen-bond donors (Lipinski definition) is 3. The highest BCUT2D eigenvalue weighted by Crippen LogP contribution is 2.35. The number of ether oxygens (including phenoxy) is 2. The molecular formula is C29H34N2O5. The summed E-state index contributed by atoms with van der Waals surface area (Å²) < 4.78 is 11.5. The van der Waals surface area contributed by atoms with Crippen LogP contribution in [0.5, 0.6) is 11.5 Å². The van der Waals surface area contributed by atoms with Crippen molar-refractivity contribution in [3.05, 3.63) is 71.8 Å². The molecule has 7 heteroatoms. The van der Waals surface area contributed by atoms with Gasteiger partial charge in [0.05, 0.1) is 12.8 Å². The molecule has 3 aromatic carbocycles. The normalized spacial score (nSPS) is 11.0. The number of amides is 2. The molecule has 0 bridgehead atoms. The Morgan fingerprint density at radius 2 is 1.39 bits per heavy atom. The molecule has 0 unspecified atom stereocenters. The quantitative estimate of drug-likeness (QED) is 0.298. The molecule has 0 saturated heterocycles. The van der Waals surface area contributed by atoms with Crippen molar-refractivity contribution >= 4 is 23.4 Å². The van der Waals surface area contributed by atoms with Crippen LogP contribution in [0.4, 0.5) is 16.2 Å². The van der Waals surface area contributed by atoms with Crippen molar-refractivity contribution in [2.45, 2.75) is 40.7 Å².